The predicted molar refractivity (Wildman–Crippen MR) is 87.5 cm³/mol. The molecule has 0 radical (unpaired) electrons. The first kappa shape index (κ1) is 17.9. The number of rotatable bonds is 4. The summed E-state index contributed by atoms with van der Waals surface area (Å²) in [4.78, 5) is 0. The van der Waals surface area contributed by atoms with Gasteiger partial charge >= 0.3 is 0 Å². The largest absolute Gasteiger partial charge is 0.508 e. The van der Waals surface area contributed by atoms with Crippen LogP contribution < -0.4 is 5.73 Å². The van der Waals surface area contributed by atoms with Crippen LogP contribution in [-0.2, 0) is 0 Å². The number of phenolic OH excluding ortho intramolecular Hbond substituents is 1. The predicted octanol–water partition coefficient (Wildman–Crippen LogP) is 3.77. The molecular weight excluding hydrogens is 250 g/mol. The van der Waals surface area contributed by atoms with Crippen LogP contribution in [0.15, 0.2) is 40.6 Å². The highest BCUT2D eigenvalue weighted by molar-refractivity contribution is 6.00. The number of nitrogens with two attached hydrogens (primary N) is 1. The van der Waals surface area contributed by atoms with Crippen molar-refractivity contribution in [2.75, 3.05) is 0 Å². The van der Waals surface area contributed by atoms with E-state index in [4.69, 9.17) is 5.73 Å². The summed E-state index contributed by atoms with van der Waals surface area (Å²) in [6.07, 6.45) is 0.829. The summed E-state index contributed by atoms with van der Waals surface area (Å²) in [5.74, 6) is 0.470. The minimum absolute atomic E-state index is 0.198. The zero-order valence-corrected chi connectivity index (χ0v) is 13.1. The summed E-state index contributed by atoms with van der Waals surface area (Å²) in [5.41, 5.74) is 8.94. The highest BCUT2D eigenvalue weighted by Crippen LogP contribution is 2.17. The highest BCUT2D eigenvalue weighted by atomic mass is 16.3. The van der Waals surface area contributed by atoms with E-state index < -0.39 is 0 Å². The number of aryl methyl sites for hydroxylation is 1. The average molecular weight is 275 g/mol. The van der Waals surface area contributed by atoms with Crippen LogP contribution in [-0.4, -0.2) is 16.7 Å². The Morgan fingerprint density at radius 1 is 1.30 bits per heavy atom. The third-order valence-corrected chi connectivity index (χ3v) is 2.75. The lowest BCUT2D eigenvalue weighted by molar-refractivity contribution is 0.471. The van der Waals surface area contributed by atoms with E-state index in [9.17, 15) is 5.11 Å². The van der Waals surface area contributed by atoms with Gasteiger partial charge in [-0.2, -0.15) is 5.10 Å². The van der Waals surface area contributed by atoms with Gasteiger partial charge in [0.2, 0.25) is 0 Å². The molecule has 20 heavy (non-hydrogen) atoms. The van der Waals surface area contributed by atoms with Crippen molar-refractivity contribution < 1.29 is 5.11 Å². The molecule has 0 aliphatic carbocycles. The van der Waals surface area contributed by atoms with Crippen LogP contribution in [0.5, 0.6) is 5.75 Å². The van der Waals surface area contributed by atoms with E-state index >= 15 is 0 Å². The molecule has 0 spiro atoms. The summed E-state index contributed by atoms with van der Waals surface area (Å²) in [7, 11) is 0. The van der Waals surface area contributed by atoms with Gasteiger partial charge in [-0.25, -0.2) is 0 Å². The quantitative estimate of drug-likeness (QED) is 0.499. The Hall–Kier alpha value is -2.10. The molecule has 0 unspecified atom stereocenters. The van der Waals surface area contributed by atoms with Crippen molar-refractivity contribution in [3.05, 3.63) is 41.5 Å². The smallest absolute Gasteiger partial charge is 0.153 e. The van der Waals surface area contributed by atoms with Gasteiger partial charge in [0.05, 0.1) is 5.71 Å². The highest BCUT2D eigenvalue weighted by Gasteiger charge is 2.02. The second-order valence-electron chi connectivity index (χ2n) is 4.13. The Morgan fingerprint density at radius 3 is 2.40 bits per heavy atom. The number of benzene rings is 1. The normalized spacial score (nSPS) is 11.7. The van der Waals surface area contributed by atoms with E-state index in [1.54, 1.807) is 18.2 Å². The van der Waals surface area contributed by atoms with E-state index in [1.807, 2.05) is 34.6 Å². The molecule has 1 rings (SSSR count). The number of amidine groups is 1. The van der Waals surface area contributed by atoms with Gasteiger partial charge in [-0.1, -0.05) is 39.5 Å². The van der Waals surface area contributed by atoms with E-state index in [0.717, 1.165) is 23.3 Å². The lowest BCUT2D eigenvalue weighted by atomic mass is 10.1. The second kappa shape index (κ2) is 8.91. The number of allylic oxidation sites excluding steroid dienone is 1. The number of phenols is 1. The standard InChI is InChI=1S/C14H19N3O.C2H6/c1-5-9(2)11(4)16-17-14(15)12-7-6-10(3)13(18)8-12;1-2/h6-8,18H,2,5H2,1,3-4H3,(H2,15,17);1-2H3/b16-11-;. The number of aromatic hydroxyl groups is 1. The minimum Gasteiger partial charge on any atom is -0.508 e. The molecule has 0 aromatic heterocycles. The maximum atomic E-state index is 9.59. The zero-order chi connectivity index (χ0) is 15.7. The lowest BCUT2D eigenvalue weighted by Crippen LogP contribution is -2.13. The molecule has 1 aromatic rings. The Labute approximate surface area is 121 Å². The average Bonchev–Trinajstić information content (AvgIpc) is 2.48. The summed E-state index contributed by atoms with van der Waals surface area (Å²) in [5, 5.41) is 17.6. The molecule has 0 saturated carbocycles. The van der Waals surface area contributed by atoms with Crippen molar-refractivity contribution in [1.82, 2.24) is 0 Å². The van der Waals surface area contributed by atoms with Gasteiger partial charge < -0.3 is 10.8 Å². The van der Waals surface area contributed by atoms with Gasteiger partial charge in [0.1, 0.15) is 5.75 Å². The van der Waals surface area contributed by atoms with Crippen LogP contribution in [0, 0.1) is 6.92 Å². The summed E-state index contributed by atoms with van der Waals surface area (Å²) >= 11 is 0. The van der Waals surface area contributed by atoms with Gasteiger partial charge in [0.25, 0.3) is 0 Å². The molecule has 0 aliphatic rings. The molecule has 0 saturated heterocycles. The molecular formula is C16H25N3O. The Balaban J connectivity index is 0.00000172. The summed E-state index contributed by atoms with van der Waals surface area (Å²) in [6, 6.07) is 5.16. The monoisotopic (exact) mass is 275 g/mol. The summed E-state index contributed by atoms with van der Waals surface area (Å²) < 4.78 is 0. The van der Waals surface area contributed by atoms with Crippen molar-refractivity contribution in [3.8, 4) is 5.75 Å². The van der Waals surface area contributed by atoms with Gasteiger partial charge in [-0.3, -0.25) is 0 Å². The molecule has 0 bridgehead atoms. The van der Waals surface area contributed by atoms with E-state index in [1.165, 1.54) is 0 Å². The third kappa shape index (κ3) is 5.26. The fraction of sp³-hybridized carbons (Fsp3) is 0.375. The maximum absolute atomic E-state index is 9.59. The van der Waals surface area contributed by atoms with Crippen LogP contribution >= 0.6 is 0 Å². The second-order valence-corrected chi connectivity index (χ2v) is 4.13. The zero-order valence-electron chi connectivity index (χ0n) is 13.1. The Bertz CT molecular complexity index is 516. The maximum Gasteiger partial charge on any atom is 0.153 e. The fourth-order valence-electron chi connectivity index (χ4n) is 1.28. The first-order valence-corrected chi connectivity index (χ1v) is 6.81. The van der Waals surface area contributed by atoms with Gasteiger partial charge in [-0.05, 0) is 37.5 Å². The molecule has 110 valence electrons. The van der Waals surface area contributed by atoms with E-state index in [0.29, 0.717) is 5.56 Å². The molecule has 0 atom stereocenters. The van der Waals surface area contributed by atoms with E-state index in [-0.39, 0.29) is 11.6 Å². The molecule has 4 heteroatoms. The molecule has 0 fully saturated rings. The van der Waals surface area contributed by atoms with Gasteiger partial charge in [0, 0.05) is 5.56 Å². The number of nitrogens with zero attached hydrogens (tertiary/aromatic N) is 2. The molecule has 3 N–H and O–H groups in total. The fourth-order valence-corrected chi connectivity index (χ4v) is 1.28. The van der Waals surface area contributed by atoms with Crippen LogP contribution in [0.2, 0.25) is 0 Å². The molecule has 0 amide bonds. The first-order chi connectivity index (χ1) is 9.45. The molecule has 0 heterocycles. The van der Waals surface area contributed by atoms with Crippen LogP contribution in [0.3, 0.4) is 0 Å². The van der Waals surface area contributed by atoms with E-state index in [2.05, 4.69) is 16.8 Å². The summed E-state index contributed by atoms with van der Waals surface area (Å²) in [6.45, 7) is 13.5. The van der Waals surface area contributed by atoms with Crippen molar-refractivity contribution in [2.24, 2.45) is 15.9 Å². The number of hydrogen-bond acceptors (Lipinski definition) is 3. The van der Waals surface area contributed by atoms with Crippen molar-refractivity contribution in [2.45, 2.75) is 41.0 Å². The molecule has 0 aliphatic heterocycles. The van der Waals surface area contributed by atoms with Crippen LogP contribution in [0.4, 0.5) is 0 Å². The molecule has 4 nitrogen and oxygen atoms in total. The molecule has 1 aromatic carbocycles. The van der Waals surface area contributed by atoms with Crippen molar-refractivity contribution in [3.63, 3.8) is 0 Å². The van der Waals surface area contributed by atoms with Crippen molar-refractivity contribution >= 4 is 11.5 Å². The number of hydrogen-bond donors (Lipinski definition) is 2. The van der Waals surface area contributed by atoms with Crippen LogP contribution in [0.25, 0.3) is 0 Å². The van der Waals surface area contributed by atoms with Gasteiger partial charge in [0.15, 0.2) is 5.84 Å². The Morgan fingerprint density at radius 2 is 1.90 bits per heavy atom. The lowest BCUT2D eigenvalue weighted by Gasteiger charge is -2.03. The topological polar surface area (TPSA) is 71.0 Å². The first-order valence-electron chi connectivity index (χ1n) is 6.81. The minimum atomic E-state index is 0.198. The van der Waals surface area contributed by atoms with Gasteiger partial charge in [-0.15, -0.1) is 5.10 Å². The van der Waals surface area contributed by atoms with Crippen molar-refractivity contribution in [1.29, 1.82) is 0 Å². The SMILES string of the molecule is C=C(CC)/C(C)=N\N=C(/N)c1ccc(C)c(O)c1.CC. The Kier molecular flexibility index (Phi) is 7.97. The third-order valence-electron chi connectivity index (χ3n) is 2.75. The van der Waals surface area contributed by atoms with Crippen LogP contribution in [0.1, 0.15) is 45.2 Å².